The lowest BCUT2D eigenvalue weighted by Gasteiger charge is -2.11. The van der Waals surface area contributed by atoms with Crippen molar-refractivity contribution in [2.75, 3.05) is 31.3 Å². The molecular formula is C12H16N3O2S+. The molecule has 2 heterocycles. The van der Waals surface area contributed by atoms with Gasteiger partial charge in [0.15, 0.2) is 6.20 Å². The molecule has 0 radical (unpaired) electrons. The van der Waals surface area contributed by atoms with Crippen molar-refractivity contribution < 1.29 is 14.5 Å². The highest BCUT2D eigenvalue weighted by Gasteiger charge is 2.23. The van der Waals surface area contributed by atoms with Crippen LogP contribution < -0.4 is 15.6 Å². The summed E-state index contributed by atoms with van der Waals surface area (Å²) in [5, 5.41) is 0.871. The quantitative estimate of drug-likeness (QED) is 0.856. The SMILES string of the molecule is CCOC(=O)c1sc2[nH+]ccc(N(C)C)c2c1N. The van der Waals surface area contributed by atoms with Gasteiger partial charge in [-0.15, -0.1) is 0 Å². The summed E-state index contributed by atoms with van der Waals surface area (Å²) in [6.07, 6.45) is 1.84. The summed E-state index contributed by atoms with van der Waals surface area (Å²) in [5.41, 5.74) is 7.53. The molecule has 0 fully saturated rings. The van der Waals surface area contributed by atoms with Crippen LogP contribution >= 0.6 is 11.3 Å². The van der Waals surface area contributed by atoms with Crippen LogP contribution in [0.4, 0.5) is 11.4 Å². The molecule has 96 valence electrons. The largest absolute Gasteiger partial charge is 0.462 e. The fourth-order valence-corrected chi connectivity index (χ4v) is 2.80. The highest BCUT2D eigenvalue weighted by atomic mass is 32.1. The Balaban J connectivity index is 2.63. The van der Waals surface area contributed by atoms with Crippen molar-refractivity contribution in [1.82, 2.24) is 0 Å². The Morgan fingerprint density at radius 2 is 2.28 bits per heavy atom. The standard InChI is InChI=1S/C12H15N3O2S/c1-4-17-12(16)10-9(13)8-7(15(2)3)5-6-14-11(8)18-10/h5-6H,4,13H2,1-3H3/p+1. The molecule has 0 amide bonds. The van der Waals surface area contributed by atoms with Gasteiger partial charge in [0.25, 0.3) is 4.83 Å². The predicted octanol–water partition coefficient (Wildman–Crippen LogP) is 1.54. The molecule has 0 saturated heterocycles. The molecule has 6 heteroatoms. The van der Waals surface area contributed by atoms with Crippen LogP contribution in [0.25, 0.3) is 10.2 Å². The first-order valence-corrected chi connectivity index (χ1v) is 6.45. The number of H-pyrrole nitrogens is 1. The number of nitrogens with one attached hydrogen (secondary N) is 1. The maximum Gasteiger partial charge on any atom is 0.350 e. The van der Waals surface area contributed by atoms with Gasteiger partial charge < -0.3 is 15.4 Å². The van der Waals surface area contributed by atoms with Crippen LogP contribution in [-0.4, -0.2) is 26.7 Å². The Kier molecular flexibility index (Phi) is 3.38. The van der Waals surface area contributed by atoms with E-state index in [-0.39, 0.29) is 5.97 Å². The van der Waals surface area contributed by atoms with Gasteiger partial charge in [0.1, 0.15) is 10.3 Å². The first-order chi connectivity index (χ1) is 8.56. The summed E-state index contributed by atoms with van der Waals surface area (Å²) in [6, 6.07) is 1.93. The minimum atomic E-state index is -0.366. The zero-order valence-corrected chi connectivity index (χ0v) is 11.4. The van der Waals surface area contributed by atoms with Crippen molar-refractivity contribution in [2.45, 2.75) is 6.92 Å². The Hall–Kier alpha value is -1.82. The maximum atomic E-state index is 11.8. The van der Waals surface area contributed by atoms with Crippen molar-refractivity contribution in [3.8, 4) is 0 Å². The number of aromatic amines is 1. The van der Waals surface area contributed by atoms with Gasteiger partial charge in [0.2, 0.25) is 0 Å². The van der Waals surface area contributed by atoms with E-state index in [1.54, 1.807) is 6.92 Å². The van der Waals surface area contributed by atoms with E-state index in [1.165, 1.54) is 11.3 Å². The first kappa shape index (κ1) is 12.6. The molecule has 0 unspecified atom stereocenters. The van der Waals surface area contributed by atoms with Crippen LogP contribution in [0.2, 0.25) is 0 Å². The van der Waals surface area contributed by atoms with E-state index < -0.39 is 0 Å². The number of pyridine rings is 1. The molecule has 0 aliphatic carbocycles. The summed E-state index contributed by atoms with van der Waals surface area (Å²) in [6.45, 7) is 2.12. The molecule has 0 aliphatic heterocycles. The molecule has 5 nitrogen and oxygen atoms in total. The molecule has 0 atom stereocenters. The summed E-state index contributed by atoms with van der Waals surface area (Å²) in [5.74, 6) is -0.366. The molecule has 0 aliphatic rings. The number of nitrogen functional groups attached to an aromatic ring is 1. The van der Waals surface area contributed by atoms with Crippen molar-refractivity contribution >= 4 is 38.9 Å². The molecule has 0 aromatic carbocycles. The topological polar surface area (TPSA) is 69.7 Å². The second-order valence-corrected chi connectivity index (χ2v) is 5.05. The number of anilines is 2. The van der Waals surface area contributed by atoms with E-state index in [0.29, 0.717) is 17.2 Å². The molecule has 2 aromatic rings. The Morgan fingerprint density at radius 1 is 1.56 bits per heavy atom. The zero-order valence-electron chi connectivity index (χ0n) is 10.6. The van der Waals surface area contributed by atoms with Crippen LogP contribution in [0.5, 0.6) is 0 Å². The van der Waals surface area contributed by atoms with Crippen LogP contribution in [0.3, 0.4) is 0 Å². The number of thiophene rings is 1. The van der Waals surface area contributed by atoms with Gasteiger partial charge in [-0.1, -0.05) is 11.3 Å². The third kappa shape index (κ3) is 1.99. The lowest BCUT2D eigenvalue weighted by Crippen LogP contribution is -2.12. The first-order valence-electron chi connectivity index (χ1n) is 5.63. The number of hydrogen-bond acceptors (Lipinski definition) is 5. The smallest absolute Gasteiger partial charge is 0.350 e. The number of hydrogen-bond donors (Lipinski definition) is 1. The number of aromatic nitrogens is 1. The average Bonchev–Trinajstić information content (AvgIpc) is 2.67. The second kappa shape index (κ2) is 4.81. The van der Waals surface area contributed by atoms with Crippen molar-refractivity contribution in [2.24, 2.45) is 0 Å². The second-order valence-electron chi connectivity index (χ2n) is 4.03. The Morgan fingerprint density at radius 3 is 2.89 bits per heavy atom. The van der Waals surface area contributed by atoms with Gasteiger partial charge in [-0.25, -0.2) is 9.78 Å². The van der Waals surface area contributed by atoms with E-state index in [1.807, 2.05) is 31.3 Å². The maximum absolute atomic E-state index is 11.8. The van der Waals surface area contributed by atoms with Crippen molar-refractivity contribution in [3.05, 3.63) is 17.1 Å². The number of nitrogens with zero attached hydrogens (tertiary/aromatic N) is 1. The lowest BCUT2D eigenvalue weighted by molar-refractivity contribution is -0.341. The number of ether oxygens (including phenoxy) is 1. The highest BCUT2D eigenvalue weighted by Crippen LogP contribution is 2.36. The minimum Gasteiger partial charge on any atom is -0.462 e. The molecule has 18 heavy (non-hydrogen) atoms. The summed E-state index contributed by atoms with van der Waals surface area (Å²) in [4.78, 5) is 18.2. The fraction of sp³-hybridized carbons (Fsp3) is 0.333. The Bertz CT molecular complexity index is 592. The number of rotatable bonds is 3. The predicted molar refractivity (Wildman–Crippen MR) is 73.1 cm³/mol. The monoisotopic (exact) mass is 266 g/mol. The van der Waals surface area contributed by atoms with Crippen molar-refractivity contribution in [3.63, 3.8) is 0 Å². The van der Waals surface area contributed by atoms with Gasteiger partial charge in [-0.05, 0) is 6.92 Å². The molecule has 3 N–H and O–H groups in total. The molecule has 0 saturated carbocycles. The highest BCUT2D eigenvalue weighted by molar-refractivity contribution is 7.20. The lowest BCUT2D eigenvalue weighted by atomic mass is 10.2. The molecule has 2 aromatic heterocycles. The molecule has 0 bridgehead atoms. The number of esters is 1. The third-order valence-corrected chi connectivity index (χ3v) is 3.72. The Labute approximate surface area is 109 Å². The van der Waals surface area contributed by atoms with Gasteiger partial charge in [0.05, 0.1) is 18.0 Å². The minimum absolute atomic E-state index is 0.344. The van der Waals surface area contributed by atoms with E-state index in [0.717, 1.165) is 15.9 Å². The summed E-state index contributed by atoms with van der Waals surface area (Å²) >= 11 is 1.32. The number of nitrogens with two attached hydrogens (primary N) is 1. The third-order valence-electron chi connectivity index (χ3n) is 2.60. The van der Waals surface area contributed by atoms with E-state index in [9.17, 15) is 4.79 Å². The van der Waals surface area contributed by atoms with E-state index >= 15 is 0 Å². The summed E-state index contributed by atoms with van der Waals surface area (Å²) < 4.78 is 5.00. The molecule has 0 spiro atoms. The van der Waals surface area contributed by atoms with Crippen LogP contribution in [0.1, 0.15) is 16.6 Å². The number of carbonyl (C=O) groups is 1. The van der Waals surface area contributed by atoms with E-state index in [2.05, 4.69) is 4.98 Å². The average molecular weight is 266 g/mol. The molecule has 2 rings (SSSR count). The van der Waals surface area contributed by atoms with Gasteiger partial charge in [-0.3, -0.25) is 0 Å². The van der Waals surface area contributed by atoms with Gasteiger partial charge >= 0.3 is 5.97 Å². The van der Waals surface area contributed by atoms with Gasteiger partial charge in [-0.2, -0.15) is 0 Å². The zero-order chi connectivity index (χ0) is 13.3. The normalized spacial score (nSPS) is 10.6. The van der Waals surface area contributed by atoms with Crippen LogP contribution in [0, 0.1) is 0 Å². The summed E-state index contributed by atoms with van der Waals surface area (Å²) in [7, 11) is 3.88. The molecular weight excluding hydrogens is 250 g/mol. The van der Waals surface area contributed by atoms with Crippen molar-refractivity contribution in [1.29, 1.82) is 0 Å². The van der Waals surface area contributed by atoms with Gasteiger partial charge in [0, 0.05) is 20.2 Å². The fourth-order valence-electron chi connectivity index (χ4n) is 1.80. The van der Waals surface area contributed by atoms with Crippen LogP contribution in [-0.2, 0) is 4.74 Å². The van der Waals surface area contributed by atoms with E-state index in [4.69, 9.17) is 10.5 Å². The number of fused-ring (bicyclic) bond motifs is 1. The number of carbonyl (C=O) groups excluding carboxylic acids is 1. The van der Waals surface area contributed by atoms with Crippen LogP contribution in [0.15, 0.2) is 12.3 Å².